The minimum Gasteiger partial charge on any atom is -0.464 e. The summed E-state index contributed by atoms with van der Waals surface area (Å²) in [6, 6.07) is 0. The van der Waals surface area contributed by atoms with Crippen LogP contribution >= 0.6 is 0 Å². The molecule has 21 heteroatoms. The van der Waals surface area contributed by atoms with E-state index in [1.54, 1.807) is 0 Å². The molecule has 0 aromatic heterocycles. The first-order chi connectivity index (χ1) is 13.3. The van der Waals surface area contributed by atoms with Gasteiger partial charge in [-0.05, 0) is 4.53 Å². The number of carbonyl (C=O) groups is 1. The van der Waals surface area contributed by atoms with Crippen molar-refractivity contribution in [1.29, 1.82) is 0 Å². The maximum Gasteiger partial charge on any atom is 0.559 e. The minimum atomic E-state index is -5.84. The van der Waals surface area contributed by atoms with Crippen molar-refractivity contribution < 1.29 is 94.0 Å². The van der Waals surface area contributed by atoms with Crippen LogP contribution in [0.15, 0.2) is 0 Å². The van der Waals surface area contributed by atoms with Crippen molar-refractivity contribution >= 4 is 5.97 Å². The van der Waals surface area contributed by atoms with Crippen LogP contribution in [0.2, 0.25) is 0 Å². The van der Waals surface area contributed by atoms with Gasteiger partial charge in [0.1, 0.15) is 6.61 Å². The predicted octanol–water partition coefficient (Wildman–Crippen LogP) is 5.53. The number of hydrogen-bond donors (Lipinski definition) is 0. The van der Waals surface area contributed by atoms with Crippen LogP contribution in [0.4, 0.5) is 74.8 Å². The summed E-state index contributed by atoms with van der Waals surface area (Å²) in [4.78, 5) is 11.9. The van der Waals surface area contributed by atoms with E-state index in [0.717, 1.165) is 0 Å². The van der Waals surface area contributed by atoms with E-state index in [0.29, 0.717) is 7.11 Å². The molecule has 0 N–H and O–H groups in total. The Morgan fingerprint density at radius 2 is 1.10 bits per heavy atom. The van der Waals surface area contributed by atoms with Gasteiger partial charge >= 0.3 is 42.6 Å². The lowest BCUT2D eigenvalue weighted by Gasteiger charge is -2.25. The molecule has 0 spiro atoms. The number of alkyl halides is 16. The van der Waals surface area contributed by atoms with Crippen molar-refractivity contribution in [2.75, 3.05) is 20.4 Å². The number of ether oxygens (including phenoxy) is 2. The summed E-state index contributed by atoms with van der Waals surface area (Å²) in [6.45, 7) is -5.24. The third-order valence-corrected chi connectivity index (χ3v) is 1.98. The lowest BCUT2D eigenvalue weighted by Crippen LogP contribution is -2.49. The molecule has 0 radical (unpaired) electrons. The summed E-state index contributed by atoms with van der Waals surface area (Å²) in [6.07, 6.45) is -22.3. The van der Waals surface area contributed by atoms with E-state index in [4.69, 9.17) is 0 Å². The summed E-state index contributed by atoms with van der Waals surface area (Å²) in [5, 5.41) is 0. The monoisotopic (exact) mass is 514 g/mol. The Morgan fingerprint density at radius 3 is 1.23 bits per heavy atom. The molecule has 0 heterocycles. The summed E-state index contributed by atoms with van der Waals surface area (Å²) >= 11 is 0. The zero-order chi connectivity index (χ0) is 26.1. The van der Waals surface area contributed by atoms with Crippen LogP contribution in [0.3, 0.4) is 0 Å². The van der Waals surface area contributed by atoms with Gasteiger partial charge in [-0.2, -0.15) is 48.3 Å². The number of rotatable bonds is 5. The largest absolute Gasteiger partial charge is 0.559 e. The molecule has 2 atom stereocenters. The standard InChI is InChI=1S/C5H4F8O.C4H3F5O3.CF4/c6-1-3(7,5(11,12)13)14-2-4(8,9)10;1-11-2(10)3(5,12-9)4(6,7)8;2-1(3,4)5/h1-2H2;1H3;. The summed E-state index contributed by atoms with van der Waals surface area (Å²) in [5.74, 6) is -12.4. The quantitative estimate of drug-likeness (QED) is 0.358. The van der Waals surface area contributed by atoms with E-state index in [9.17, 15) is 79.6 Å². The maximum atomic E-state index is 12.3. The number of halogens is 17. The van der Waals surface area contributed by atoms with Gasteiger partial charge in [0.25, 0.3) is 0 Å². The third kappa shape index (κ3) is 14.0. The van der Waals surface area contributed by atoms with E-state index in [1.165, 1.54) is 0 Å². The van der Waals surface area contributed by atoms with Gasteiger partial charge in [-0.1, -0.05) is 0 Å². The van der Waals surface area contributed by atoms with Gasteiger partial charge in [0.05, 0.1) is 7.11 Å². The van der Waals surface area contributed by atoms with Crippen LogP contribution in [0.25, 0.3) is 0 Å². The Balaban J connectivity index is -0.000000419. The van der Waals surface area contributed by atoms with Crippen LogP contribution in [0.1, 0.15) is 0 Å². The van der Waals surface area contributed by atoms with Gasteiger partial charge in [0, 0.05) is 0 Å². The van der Waals surface area contributed by atoms with Gasteiger partial charge in [0.2, 0.25) is 0 Å². The van der Waals surface area contributed by atoms with Crippen molar-refractivity contribution in [3.8, 4) is 0 Å². The Kier molecular flexibility index (Phi) is 12.8. The normalized spacial score (nSPS) is 16.6. The van der Waals surface area contributed by atoms with Crippen molar-refractivity contribution in [2.45, 2.75) is 36.7 Å². The van der Waals surface area contributed by atoms with Gasteiger partial charge in [-0.3, -0.25) is 0 Å². The number of esters is 1. The maximum absolute atomic E-state index is 12.3. The average Bonchev–Trinajstić information content (AvgIpc) is 2.54. The van der Waals surface area contributed by atoms with Gasteiger partial charge in [-0.25, -0.2) is 9.18 Å². The second kappa shape index (κ2) is 11.7. The Morgan fingerprint density at radius 1 is 0.742 bits per heavy atom. The zero-order valence-electron chi connectivity index (χ0n) is 14.0. The van der Waals surface area contributed by atoms with Crippen LogP contribution in [0.5, 0.6) is 0 Å². The van der Waals surface area contributed by atoms with Crippen LogP contribution in [-0.2, 0) is 19.2 Å². The first kappa shape index (κ1) is 33.8. The first-order valence-electron chi connectivity index (χ1n) is 6.23. The summed E-state index contributed by atoms with van der Waals surface area (Å²) in [5.41, 5.74) is 0. The molecule has 0 rings (SSSR count). The molecule has 190 valence electrons. The molecule has 0 saturated carbocycles. The highest BCUT2D eigenvalue weighted by atomic mass is 19.5. The molecule has 0 aromatic rings. The van der Waals surface area contributed by atoms with Crippen LogP contribution in [0, 0.1) is 0 Å². The molecule has 0 aromatic carbocycles. The summed E-state index contributed by atoms with van der Waals surface area (Å²) in [7, 11) is 0.460. The average molecular weight is 514 g/mol. The third-order valence-electron chi connectivity index (χ3n) is 1.98. The van der Waals surface area contributed by atoms with Crippen molar-refractivity contribution in [2.24, 2.45) is 0 Å². The molecule has 2 unspecified atom stereocenters. The molecule has 0 bridgehead atoms. The molecule has 0 saturated heterocycles. The fraction of sp³-hybridized carbons (Fsp3) is 0.900. The lowest BCUT2D eigenvalue weighted by molar-refractivity contribution is -0.387. The molecule has 0 aliphatic rings. The Hall–Kier alpha value is -1.80. The highest BCUT2D eigenvalue weighted by Gasteiger charge is 2.66. The van der Waals surface area contributed by atoms with E-state index in [2.05, 4.69) is 9.47 Å². The molecule has 31 heavy (non-hydrogen) atoms. The topological polar surface area (TPSA) is 44.8 Å². The number of carbonyl (C=O) groups excluding carboxylic acids is 1. The van der Waals surface area contributed by atoms with Crippen molar-refractivity contribution in [3.05, 3.63) is 0 Å². The first-order valence-corrected chi connectivity index (χ1v) is 6.23. The molecule has 0 aliphatic carbocycles. The fourth-order valence-electron chi connectivity index (χ4n) is 0.715. The zero-order valence-corrected chi connectivity index (χ0v) is 14.0. The smallest absolute Gasteiger partial charge is 0.464 e. The number of hydrogen-bond acceptors (Lipinski definition) is 4. The second-order valence-electron chi connectivity index (χ2n) is 4.35. The molecule has 4 nitrogen and oxygen atoms in total. The van der Waals surface area contributed by atoms with E-state index < -0.39 is 55.9 Å². The van der Waals surface area contributed by atoms with Crippen molar-refractivity contribution in [3.63, 3.8) is 0 Å². The minimum absolute atomic E-state index is 0.460. The highest BCUT2D eigenvalue weighted by Crippen LogP contribution is 2.37. The van der Waals surface area contributed by atoms with Crippen LogP contribution < -0.4 is 0 Å². The summed E-state index contributed by atoms with van der Waals surface area (Å²) < 4.78 is 195. The van der Waals surface area contributed by atoms with Crippen molar-refractivity contribution in [1.82, 2.24) is 0 Å². The lowest BCUT2D eigenvalue weighted by atomic mass is 10.3. The molecular weight excluding hydrogens is 507 g/mol. The predicted molar refractivity (Wildman–Crippen MR) is 59.1 cm³/mol. The molecule has 0 fully saturated rings. The number of methoxy groups -OCH3 is 1. The van der Waals surface area contributed by atoms with E-state index in [-0.39, 0.29) is 0 Å². The second-order valence-corrected chi connectivity index (χ2v) is 4.35. The van der Waals surface area contributed by atoms with E-state index >= 15 is 0 Å². The highest BCUT2D eigenvalue weighted by molar-refractivity contribution is 5.78. The SMILES string of the molecule is COC(=O)C(F)(OF)C(F)(F)F.FC(F)(F)F.FCC(F)(OCC(F)(F)F)C(F)(F)F. The molecule has 0 amide bonds. The van der Waals surface area contributed by atoms with Crippen LogP contribution in [-0.4, -0.2) is 63.0 Å². The van der Waals surface area contributed by atoms with Gasteiger partial charge < -0.3 is 9.47 Å². The van der Waals surface area contributed by atoms with E-state index in [1.807, 2.05) is 4.94 Å². The molecule has 0 aliphatic heterocycles. The van der Waals surface area contributed by atoms with Gasteiger partial charge in [-0.15, -0.1) is 22.5 Å². The Labute approximate surface area is 158 Å². The molecular formula is C10H7F17O4. The Bertz CT molecular complexity index is 517. The van der Waals surface area contributed by atoms with Gasteiger partial charge in [0.15, 0.2) is 6.67 Å². The fourth-order valence-corrected chi connectivity index (χ4v) is 0.715.